The van der Waals surface area contributed by atoms with Gasteiger partial charge >= 0.3 is 0 Å². The minimum absolute atomic E-state index is 0.0437. The Balaban J connectivity index is 2.01. The third-order valence-electron chi connectivity index (χ3n) is 4.71. The largest absolute Gasteiger partial charge is 0.497 e. The van der Waals surface area contributed by atoms with E-state index in [-0.39, 0.29) is 5.41 Å². The summed E-state index contributed by atoms with van der Waals surface area (Å²) in [5.74, 6) is 1.69. The van der Waals surface area contributed by atoms with Gasteiger partial charge in [-0.15, -0.1) is 0 Å². The molecule has 1 aliphatic heterocycles. The first-order chi connectivity index (χ1) is 12.2. The molecule has 2 rings (SSSR count). The van der Waals surface area contributed by atoms with Crippen LogP contribution >= 0.6 is 0 Å². The van der Waals surface area contributed by atoms with Crippen LogP contribution in [0.5, 0.6) is 5.75 Å². The van der Waals surface area contributed by atoms with Crippen LogP contribution in [0.1, 0.15) is 25.3 Å². The van der Waals surface area contributed by atoms with E-state index in [4.69, 9.17) is 14.2 Å². The van der Waals surface area contributed by atoms with Gasteiger partial charge in [0.1, 0.15) is 5.75 Å². The van der Waals surface area contributed by atoms with Crippen LogP contribution < -0.4 is 15.4 Å². The average molecular weight is 349 g/mol. The molecule has 1 fully saturated rings. The molecule has 0 amide bonds. The molecule has 25 heavy (non-hydrogen) atoms. The zero-order valence-electron chi connectivity index (χ0n) is 15.6. The summed E-state index contributed by atoms with van der Waals surface area (Å²) < 4.78 is 16.2. The fraction of sp³-hybridized carbons (Fsp3) is 0.632. The summed E-state index contributed by atoms with van der Waals surface area (Å²) in [5, 5.41) is 6.77. The highest BCUT2D eigenvalue weighted by molar-refractivity contribution is 5.79. The standard InChI is InChI=1S/C19H31N3O3/c1-4-24-14-11-21-18(20-2)22-15-19(9-12-25-13-10-19)16-5-7-17(23-3)8-6-16/h5-8H,4,9-15H2,1-3H3,(H2,20,21,22). The van der Waals surface area contributed by atoms with Crippen LogP contribution in [0.25, 0.3) is 0 Å². The SMILES string of the molecule is CCOCCNC(=NC)NCC1(c2ccc(OC)cc2)CCOCC1. The van der Waals surface area contributed by atoms with E-state index in [1.54, 1.807) is 14.2 Å². The molecule has 0 aliphatic carbocycles. The minimum atomic E-state index is 0.0437. The van der Waals surface area contributed by atoms with Crippen LogP contribution in [-0.2, 0) is 14.9 Å². The van der Waals surface area contributed by atoms with Gasteiger partial charge in [-0.3, -0.25) is 4.99 Å². The van der Waals surface area contributed by atoms with Gasteiger partial charge in [-0.05, 0) is 37.5 Å². The van der Waals surface area contributed by atoms with Crippen molar-refractivity contribution in [1.29, 1.82) is 0 Å². The second-order valence-corrected chi connectivity index (χ2v) is 6.17. The monoisotopic (exact) mass is 349 g/mol. The lowest BCUT2D eigenvalue weighted by Crippen LogP contribution is -2.48. The van der Waals surface area contributed by atoms with E-state index in [1.165, 1.54) is 5.56 Å². The van der Waals surface area contributed by atoms with Gasteiger partial charge in [0.25, 0.3) is 0 Å². The fourth-order valence-electron chi connectivity index (χ4n) is 3.13. The molecule has 0 spiro atoms. The Labute approximate surface area is 151 Å². The molecule has 1 aromatic carbocycles. The van der Waals surface area contributed by atoms with E-state index >= 15 is 0 Å². The van der Waals surface area contributed by atoms with E-state index in [9.17, 15) is 0 Å². The quantitative estimate of drug-likeness (QED) is 0.427. The lowest BCUT2D eigenvalue weighted by Gasteiger charge is -2.38. The van der Waals surface area contributed by atoms with E-state index in [2.05, 4.69) is 27.8 Å². The lowest BCUT2D eigenvalue weighted by atomic mass is 9.74. The second-order valence-electron chi connectivity index (χ2n) is 6.17. The van der Waals surface area contributed by atoms with E-state index < -0.39 is 0 Å². The van der Waals surface area contributed by atoms with Crippen molar-refractivity contribution in [2.24, 2.45) is 4.99 Å². The Morgan fingerprint density at radius 3 is 2.52 bits per heavy atom. The first-order valence-electron chi connectivity index (χ1n) is 8.98. The number of benzene rings is 1. The third kappa shape index (κ3) is 5.61. The molecule has 1 heterocycles. The molecular formula is C19H31N3O3. The van der Waals surface area contributed by atoms with Crippen molar-refractivity contribution >= 4 is 5.96 Å². The van der Waals surface area contributed by atoms with Gasteiger partial charge in [0, 0.05) is 45.4 Å². The van der Waals surface area contributed by atoms with Crippen molar-refractivity contribution in [3.8, 4) is 5.75 Å². The Kier molecular flexibility index (Phi) is 8.01. The highest BCUT2D eigenvalue weighted by Crippen LogP contribution is 2.35. The summed E-state index contributed by atoms with van der Waals surface area (Å²) in [6, 6.07) is 8.39. The zero-order chi connectivity index (χ0) is 18.0. The average Bonchev–Trinajstić information content (AvgIpc) is 2.68. The summed E-state index contributed by atoms with van der Waals surface area (Å²) in [7, 11) is 3.48. The van der Waals surface area contributed by atoms with Crippen molar-refractivity contribution in [1.82, 2.24) is 10.6 Å². The number of nitrogens with zero attached hydrogens (tertiary/aromatic N) is 1. The number of hydrogen-bond acceptors (Lipinski definition) is 4. The number of guanidine groups is 1. The molecule has 0 unspecified atom stereocenters. The van der Waals surface area contributed by atoms with Gasteiger partial charge in [0.2, 0.25) is 0 Å². The van der Waals surface area contributed by atoms with Crippen LogP contribution in [0.2, 0.25) is 0 Å². The highest BCUT2D eigenvalue weighted by Gasteiger charge is 2.34. The van der Waals surface area contributed by atoms with Gasteiger partial charge < -0.3 is 24.8 Å². The van der Waals surface area contributed by atoms with Crippen molar-refractivity contribution in [2.75, 3.05) is 53.7 Å². The van der Waals surface area contributed by atoms with Gasteiger partial charge in [0.05, 0.1) is 13.7 Å². The Hall–Kier alpha value is -1.79. The molecule has 0 aromatic heterocycles. The number of methoxy groups -OCH3 is 1. The maximum atomic E-state index is 5.60. The molecular weight excluding hydrogens is 318 g/mol. The molecule has 1 saturated heterocycles. The van der Waals surface area contributed by atoms with Gasteiger partial charge in [-0.2, -0.15) is 0 Å². The van der Waals surface area contributed by atoms with Crippen LogP contribution in [0.15, 0.2) is 29.3 Å². The highest BCUT2D eigenvalue weighted by atomic mass is 16.5. The Bertz CT molecular complexity index is 525. The number of hydrogen-bond donors (Lipinski definition) is 2. The minimum Gasteiger partial charge on any atom is -0.497 e. The summed E-state index contributed by atoms with van der Waals surface area (Å²) in [5.41, 5.74) is 1.36. The van der Waals surface area contributed by atoms with Crippen LogP contribution in [0.3, 0.4) is 0 Å². The number of ether oxygens (including phenoxy) is 3. The summed E-state index contributed by atoms with van der Waals surface area (Å²) in [6.45, 7) is 6.52. The Morgan fingerprint density at radius 1 is 1.20 bits per heavy atom. The molecule has 0 radical (unpaired) electrons. The normalized spacial score (nSPS) is 17.2. The zero-order valence-corrected chi connectivity index (χ0v) is 15.6. The predicted octanol–water partition coefficient (Wildman–Crippen LogP) is 1.94. The molecule has 6 nitrogen and oxygen atoms in total. The Morgan fingerprint density at radius 2 is 1.92 bits per heavy atom. The van der Waals surface area contributed by atoms with Crippen molar-refractivity contribution in [2.45, 2.75) is 25.2 Å². The van der Waals surface area contributed by atoms with Gasteiger partial charge in [-0.1, -0.05) is 12.1 Å². The molecule has 0 atom stereocenters. The topological polar surface area (TPSA) is 64.1 Å². The van der Waals surface area contributed by atoms with Gasteiger partial charge in [0.15, 0.2) is 5.96 Å². The van der Waals surface area contributed by atoms with E-state index in [0.717, 1.165) is 57.5 Å². The maximum absolute atomic E-state index is 5.60. The van der Waals surface area contributed by atoms with Crippen molar-refractivity contribution in [3.63, 3.8) is 0 Å². The molecule has 1 aliphatic rings. The number of nitrogens with one attached hydrogen (secondary N) is 2. The van der Waals surface area contributed by atoms with Gasteiger partial charge in [-0.25, -0.2) is 0 Å². The molecule has 2 N–H and O–H groups in total. The summed E-state index contributed by atoms with van der Waals surface area (Å²) in [4.78, 5) is 4.31. The fourth-order valence-corrected chi connectivity index (χ4v) is 3.13. The molecule has 140 valence electrons. The van der Waals surface area contributed by atoms with E-state index in [0.29, 0.717) is 6.61 Å². The summed E-state index contributed by atoms with van der Waals surface area (Å²) in [6.07, 6.45) is 1.98. The predicted molar refractivity (Wildman–Crippen MR) is 101 cm³/mol. The molecule has 0 saturated carbocycles. The smallest absolute Gasteiger partial charge is 0.191 e. The van der Waals surface area contributed by atoms with Crippen molar-refractivity contribution in [3.05, 3.63) is 29.8 Å². The summed E-state index contributed by atoms with van der Waals surface area (Å²) >= 11 is 0. The van der Waals surface area contributed by atoms with Crippen LogP contribution in [-0.4, -0.2) is 59.6 Å². The number of rotatable bonds is 8. The first-order valence-corrected chi connectivity index (χ1v) is 8.98. The molecule has 6 heteroatoms. The first kappa shape index (κ1) is 19.5. The van der Waals surface area contributed by atoms with Crippen molar-refractivity contribution < 1.29 is 14.2 Å². The lowest BCUT2D eigenvalue weighted by molar-refractivity contribution is 0.0513. The molecule has 1 aromatic rings. The second kappa shape index (κ2) is 10.3. The third-order valence-corrected chi connectivity index (χ3v) is 4.71. The maximum Gasteiger partial charge on any atom is 0.191 e. The molecule has 0 bridgehead atoms. The van der Waals surface area contributed by atoms with Crippen LogP contribution in [0, 0.1) is 0 Å². The van der Waals surface area contributed by atoms with Crippen LogP contribution in [0.4, 0.5) is 0 Å². The van der Waals surface area contributed by atoms with E-state index in [1.807, 2.05) is 19.1 Å². The number of aliphatic imine (C=N–C) groups is 1.